The second-order valence-electron chi connectivity index (χ2n) is 4.74. The Labute approximate surface area is 116 Å². The highest BCUT2D eigenvalue weighted by Crippen LogP contribution is 2.15. The van der Waals surface area contributed by atoms with Crippen LogP contribution in [-0.2, 0) is 0 Å². The van der Waals surface area contributed by atoms with Crippen molar-refractivity contribution in [2.24, 2.45) is 0 Å². The van der Waals surface area contributed by atoms with Gasteiger partial charge in [0.1, 0.15) is 0 Å². The van der Waals surface area contributed by atoms with Crippen molar-refractivity contribution >= 4 is 16.9 Å². The van der Waals surface area contributed by atoms with E-state index >= 15 is 0 Å². The summed E-state index contributed by atoms with van der Waals surface area (Å²) < 4.78 is 0. The number of aromatic amines is 1. The third kappa shape index (κ3) is 2.40. The average molecular weight is 265 g/mol. The molecule has 1 amide bonds. The topological polar surface area (TPSA) is 57.8 Å². The van der Waals surface area contributed by atoms with E-state index in [0.717, 1.165) is 16.6 Å². The SMILES string of the molecule is C[C@@H](NC(=O)c1ccc2nc[nH]c2c1)c1ccccc1. The van der Waals surface area contributed by atoms with Gasteiger partial charge in [0.2, 0.25) is 0 Å². The molecular formula is C16H15N3O. The maximum atomic E-state index is 12.2. The Balaban J connectivity index is 1.78. The van der Waals surface area contributed by atoms with Crippen LogP contribution in [0.2, 0.25) is 0 Å². The predicted molar refractivity (Wildman–Crippen MR) is 78.4 cm³/mol. The Bertz CT molecular complexity index is 734. The van der Waals surface area contributed by atoms with Gasteiger partial charge in [-0.15, -0.1) is 0 Å². The van der Waals surface area contributed by atoms with Crippen LogP contribution < -0.4 is 5.32 Å². The van der Waals surface area contributed by atoms with Gasteiger partial charge in [0, 0.05) is 5.56 Å². The van der Waals surface area contributed by atoms with E-state index in [1.807, 2.05) is 49.4 Å². The summed E-state index contributed by atoms with van der Waals surface area (Å²) in [5, 5.41) is 3.00. The van der Waals surface area contributed by atoms with Crippen molar-refractivity contribution in [3.8, 4) is 0 Å². The summed E-state index contributed by atoms with van der Waals surface area (Å²) in [6, 6.07) is 15.3. The van der Waals surface area contributed by atoms with Gasteiger partial charge in [0.05, 0.1) is 23.4 Å². The fraction of sp³-hybridized carbons (Fsp3) is 0.125. The van der Waals surface area contributed by atoms with Gasteiger partial charge in [-0.05, 0) is 30.7 Å². The molecule has 0 bridgehead atoms. The maximum absolute atomic E-state index is 12.2. The van der Waals surface area contributed by atoms with Gasteiger partial charge in [-0.25, -0.2) is 4.98 Å². The van der Waals surface area contributed by atoms with E-state index < -0.39 is 0 Å². The number of nitrogens with one attached hydrogen (secondary N) is 2. The molecule has 2 aromatic carbocycles. The normalized spacial score (nSPS) is 12.2. The number of rotatable bonds is 3. The molecule has 4 heteroatoms. The molecule has 0 aliphatic rings. The van der Waals surface area contributed by atoms with E-state index in [1.54, 1.807) is 12.4 Å². The van der Waals surface area contributed by atoms with E-state index in [9.17, 15) is 4.79 Å². The smallest absolute Gasteiger partial charge is 0.251 e. The molecule has 3 aromatic rings. The molecule has 1 aromatic heterocycles. The van der Waals surface area contributed by atoms with Crippen molar-refractivity contribution < 1.29 is 4.79 Å². The summed E-state index contributed by atoms with van der Waals surface area (Å²) in [7, 11) is 0. The fourth-order valence-corrected chi connectivity index (χ4v) is 2.18. The zero-order chi connectivity index (χ0) is 13.9. The minimum Gasteiger partial charge on any atom is -0.346 e. The summed E-state index contributed by atoms with van der Waals surface area (Å²) in [6.07, 6.45) is 1.62. The van der Waals surface area contributed by atoms with Crippen LogP contribution in [0.5, 0.6) is 0 Å². The van der Waals surface area contributed by atoms with Gasteiger partial charge in [-0.1, -0.05) is 30.3 Å². The van der Waals surface area contributed by atoms with Crippen LogP contribution >= 0.6 is 0 Å². The Hall–Kier alpha value is -2.62. The van der Waals surface area contributed by atoms with Crippen LogP contribution in [-0.4, -0.2) is 15.9 Å². The molecule has 0 fully saturated rings. The van der Waals surface area contributed by atoms with Crippen LogP contribution in [0.1, 0.15) is 28.9 Å². The third-order valence-corrected chi connectivity index (χ3v) is 3.33. The minimum absolute atomic E-state index is 0.0267. The minimum atomic E-state index is -0.0853. The third-order valence-electron chi connectivity index (χ3n) is 3.33. The number of fused-ring (bicyclic) bond motifs is 1. The standard InChI is InChI=1S/C16H15N3O/c1-11(12-5-3-2-4-6-12)19-16(20)13-7-8-14-15(9-13)18-10-17-14/h2-11H,1H3,(H,17,18)(H,19,20)/t11-/m1/s1. The lowest BCUT2D eigenvalue weighted by Crippen LogP contribution is -2.26. The molecule has 0 unspecified atom stereocenters. The van der Waals surface area contributed by atoms with Crippen molar-refractivity contribution in [2.45, 2.75) is 13.0 Å². The first-order chi connectivity index (χ1) is 9.74. The summed E-state index contributed by atoms with van der Waals surface area (Å²) in [4.78, 5) is 19.4. The second kappa shape index (κ2) is 5.17. The van der Waals surface area contributed by atoms with E-state index in [4.69, 9.17) is 0 Å². The van der Waals surface area contributed by atoms with Crippen LogP contribution in [0, 0.1) is 0 Å². The summed E-state index contributed by atoms with van der Waals surface area (Å²) in [5.74, 6) is -0.0853. The summed E-state index contributed by atoms with van der Waals surface area (Å²) in [6.45, 7) is 1.97. The number of carbonyl (C=O) groups excluding carboxylic acids is 1. The summed E-state index contributed by atoms with van der Waals surface area (Å²) >= 11 is 0. The van der Waals surface area contributed by atoms with Gasteiger partial charge in [0.15, 0.2) is 0 Å². The van der Waals surface area contributed by atoms with Crippen LogP contribution in [0.4, 0.5) is 0 Å². The Morgan fingerprint density at radius 3 is 2.80 bits per heavy atom. The largest absolute Gasteiger partial charge is 0.346 e. The first-order valence-electron chi connectivity index (χ1n) is 6.53. The molecule has 0 aliphatic heterocycles. The van der Waals surface area contributed by atoms with Gasteiger partial charge in [-0.3, -0.25) is 4.79 Å². The van der Waals surface area contributed by atoms with E-state index in [2.05, 4.69) is 15.3 Å². The quantitative estimate of drug-likeness (QED) is 0.764. The highest BCUT2D eigenvalue weighted by atomic mass is 16.1. The van der Waals surface area contributed by atoms with Gasteiger partial charge < -0.3 is 10.3 Å². The number of imidazole rings is 1. The zero-order valence-electron chi connectivity index (χ0n) is 11.1. The lowest BCUT2D eigenvalue weighted by molar-refractivity contribution is 0.0940. The number of hydrogen-bond acceptors (Lipinski definition) is 2. The van der Waals surface area contributed by atoms with Crippen molar-refractivity contribution in [1.29, 1.82) is 0 Å². The lowest BCUT2D eigenvalue weighted by Gasteiger charge is -2.14. The molecule has 0 radical (unpaired) electrons. The van der Waals surface area contributed by atoms with Crippen LogP contribution in [0.3, 0.4) is 0 Å². The van der Waals surface area contributed by atoms with Crippen molar-refractivity contribution in [3.05, 3.63) is 66.0 Å². The van der Waals surface area contributed by atoms with Gasteiger partial charge >= 0.3 is 0 Å². The number of aromatic nitrogens is 2. The number of benzene rings is 2. The molecule has 0 saturated carbocycles. The zero-order valence-corrected chi connectivity index (χ0v) is 11.1. The lowest BCUT2D eigenvalue weighted by atomic mass is 10.1. The second-order valence-corrected chi connectivity index (χ2v) is 4.74. The number of nitrogens with zero attached hydrogens (tertiary/aromatic N) is 1. The molecule has 1 heterocycles. The number of hydrogen-bond donors (Lipinski definition) is 2. The number of amides is 1. The summed E-state index contributed by atoms with van der Waals surface area (Å²) in [5.41, 5.74) is 3.44. The molecule has 2 N–H and O–H groups in total. The molecule has 100 valence electrons. The molecule has 4 nitrogen and oxygen atoms in total. The van der Waals surface area contributed by atoms with Crippen LogP contribution in [0.25, 0.3) is 11.0 Å². The monoisotopic (exact) mass is 265 g/mol. The molecule has 0 spiro atoms. The highest BCUT2D eigenvalue weighted by Gasteiger charge is 2.11. The Morgan fingerprint density at radius 2 is 2.00 bits per heavy atom. The molecule has 3 rings (SSSR count). The van der Waals surface area contributed by atoms with E-state index in [1.165, 1.54) is 0 Å². The van der Waals surface area contributed by atoms with E-state index in [-0.39, 0.29) is 11.9 Å². The fourth-order valence-electron chi connectivity index (χ4n) is 2.18. The first-order valence-corrected chi connectivity index (χ1v) is 6.53. The first kappa shape index (κ1) is 12.4. The van der Waals surface area contributed by atoms with Gasteiger partial charge in [-0.2, -0.15) is 0 Å². The van der Waals surface area contributed by atoms with Gasteiger partial charge in [0.25, 0.3) is 5.91 Å². The molecular weight excluding hydrogens is 250 g/mol. The molecule has 0 saturated heterocycles. The molecule has 0 aliphatic carbocycles. The average Bonchev–Trinajstić information content (AvgIpc) is 2.95. The number of H-pyrrole nitrogens is 1. The maximum Gasteiger partial charge on any atom is 0.251 e. The highest BCUT2D eigenvalue weighted by molar-refractivity contribution is 5.97. The molecule has 20 heavy (non-hydrogen) atoms. The molecule has 1 atom stereocenters. The van der Waals surface area contributed by atoms with Crippen LogP contribution in [0.15, 0.2) is 54.9 Å². The Kier molecular flexibility index (Phi) is 3.21. The van der Waals surface area contributed by atoms with Crippen molar-refractivity contribution in [3.63, 3.8) is 0 Å². The van der Waals surface area contributed by atoms with Crippen molar-refractivity contribution in [1.82, 2.24) is 15.3 Å². The van der Waals surface area contributed by atoms with E-state index in [0.29, 0.717) is 5.56 Å². The Morgan fingerprint density at radius 1 is 1.20 bits per heavy atom. The number of carbonyl (C=O) groups is 1. The van der Waals surface area contributed by atoms with Crippen molar-refractivity contribution in [2.75, 3.05) is 0 Å². The predicted octanol–water partition coefficient (Wildman–Crippen LogP) is 3.05.